The van der Waals surface area contributed by atoms with E-state index in [0.29, 0.717) is 9.79 Å². The first kappa shape index (κ1) is 13.9. The van der Waals surface area contributed by atoms with Gasteiger partial charge < -0.3 is 4.98 Å². The van der Waals surface area contributed by atoms with E-state index in [2.05, 4.69) is 51.5 Å². The van der Waals surface area contributed by atoms with Gasteiger partial charge >= 0.3 is 0 Å². The summed E-state index contributed by atoms with van der Waals surface area (Å²) in [6, 6.07) is 9.96. The van der Waals surface area contributed by atoms with Crippen molar-refractivity contribution in [3.63, 3.8) is 0 Å². The minimum atomic E-state index is 0.677. The van der Waals surface area contributed by atoms with Crippen molar-refractivity contribution < 1.29 is 0 Å². The molecule has 0 fully saturated rings. The van der Waals surface area contributed by atoms with Crippen LogP contribution in [0.25, 0.3) is 16.7 Å². The topological polar surface area (TPSA) is 20.7 Å². The standard InChI is InChI=1S/C15H12BrClN2S/c1-8-5-10(16)6-9(2)14(8)19-13-4-3-11(17)7-12(13)18-15(19)20/h3-7H,1-2H3,(H,18,20). The third-order valence-electron chi connectivity index (χ3n) is 3.32. The molecule has 1 aromatic heterocycles. The van der Waals surface area contributed by atoms with Gasteiger partial charge in [0.1, 0.15) is 0 Å². The van der Waals surface area contributed by atoms with Crippen molar-refractivity contribution in [3.05, 3.63) is 55.7 Å². The lowest BCUT2D eigenvalue weighted by Gasteiger charge is -2.13. The fourth-order valence-electron chi connectivity index (χ4n) is 2.56. The normalized spacial score (nSPS) is 11.2. The summed E-state index contributed by atoms with van der Waals surface area (Å²) in [6.07, 6.45) is 0. The number of imidazole rings is 1. The number of aryl methyl sites for hydroxylation is 2. The minimum absolute atomic E-state index is 0.677. The number of nitrogens with zero attached hydrogens (tertiary/aromatic N) is 1. The number of nitrogens with one attached hydrogen (secondary N) is 1. The summed E-state index contributed by atoms with van der Waals surface area (Å²) < 4.78 is 3.82. The molecular weight excluding hydrogens is 356 g/mol. The van der Waals surface area contributed by atoms with Gasteiger partial charge in [0.05, 0.1) is 16.7 Å². The van der Waals surface area contributed by atoms with Crippen LogP contribution in [0.15, 0.2) is 34.8 Å². The van der Waals surface area contributed by atoms with Gasteiger partial charge in [0, 0.05) is 9.50 Å². The maximum atomic E-state index is 6.04. The van der Waals surface area contributed by atoms with E-state index >= 15 is 0 Å². The lowest BCUT2D eigenvalue weighted by molar-refractivity contribution is 1.03. The zero-order valence-electron chi connectivity index (χ0n) is 11.0. The molecule has 20 heavy (non-hydrogen) atoms. The van der Waals surface area contributed by atoms with Gasteiger partial charge in [-0.2, -0.15) is 0 Å². The maximum Gasteiger partial charge on any atom is 0.182 e. The van der Waals surface area contributed by atoms with Crippen molar-refractivity contribution in [2.75, 3.05) is 0 Å². The predicted octanol–water partition coefficient (Wildman–Crippen LogP) is 5.72. The summed E-state index contributed by atoms with van der Waals surface area (Å²) in [6.45, 7) is 4.17. The van der Waals surface area contributed by atoms with Crippen LogP contribution >= 0.6 is 39.7 Å². The van der Waals surface area contributed by atoms with Crippen LogP contribution in [0.3, 0.4) is 0 Å². The average Bonchev–Trinajstić information content (AvgIpc) is 2.64. The molecule has 3 rings (SSSR count). The fraction of sp³-hybridized carbons (Fsp3) is 0.133. The van der Waals surface area contributed by atoms with Gasteiger partial charge in [-0.25, -0.2) is 0 Å². The highest BCUT2D eigenvalue weighted by Crippen LogP contribution is 2.28. The minimum Gasteiger partial charge on any atom is -0.330 e. The van der Waals surface area contributed by atoms with Crippen LogP contribution in [0, 0.1) is 18.6 Å². The van der Waals surface area contributed by atoms with Crippen LogP contribution in [0.4, 0.5) is 0 Å². The highest BCUT2D eigenvalue weighted by Gasteiger charge is 2.12. The SMILES string of the molecule is Cc1cc(Br)cc(C)c1-n1c(=S)[nH]c2cc(Cl)ccc21. The Kier molecular flexibility index (Phi) is 3.48. The molecule has 102 valence electrons. The Morgan fingerprint density at radius 1 is 1.15 bits per heavy atom. The second-order valence-corrected chi connectivity index (χ2v) is 6.55. The third kappa shape index (κ3) is 2.22. The summed E-state index contributed by atoms with van der Waals surface area (Å²) in [7, 11) is 0. The summed E-state index contributed by atoms with van der Waals surface area (Å²) in [5.41, 5.74) is 5.44. The van der Waals surface area contributed by atoms with Crippen LogP contribution in [0.1, 0.15) is 11.1 Å². The van der Waals surface area contributed by atoms with Crippen molar-refractivity contribution in [1.82, 2.24) is 9.55 Å². The number of H-pyrrole nitrogens is 1. The van der Waals surface area contributed by atoms with Gasteiger partial charge in [0.15, 0.2) is 4.77 Å². The Labute approximate surface area is 135 Å². The molecule has 2 nitrogen and oxygen atoms in total. The quantitative estimate of drug-likeness (QED) is 0.545. The highest BCUT2D eigenvalue weighted by atomic mass is 79.9. The monoisotopic (exact) mass is 366 g/mol. The summed E-state index contributed by atoms with van der Waals surface area (Å²) in [4.78, 5) is 3.22. The molecule has 0 saturated heterocycles. The molecule has 0 aliphatic rings. The van der Waals surface area contributed by atoms with E-state index in [-0.39, 0.29) is 0 Å². The van der Waals surface area contributed by atoms with E-state index in [9.17, 15) is 0 Å². The van der Waals surface area contributed by atoms with Crippen LogP contribution < -0.4 is 0 Å². The largest absolute Gasteiger partial charge is 0.330 e. The van der Waals surface area contributed by atoms with Crippen molar-refractivity contribution in [2.24, 2.45) is 0 Å². The maximum absolute atomic E-state index is 6.04. The zero-order valence-corrected chi connectivity index (χ0v) is 14.2. The predicted molar refractivity (Wildman–Crippen MR) is 90.6 cm³/mol. The first-order valence-corrected chi connectivity index (χ1v) is 7.72. The van der Waals surface area contributed by atoms with Crippen LogP contribution in [-0.4, -0.2) is 9.55 Å². The Bertz CT molecular complexity index is 856. The fourth-order valence-corrected chi connectivity index (χ4v) is 3.72. The van der Waals surface area contributed by atoms with E-state index in [1.54, 1.807) is 0 Å². The van der Waals surface area contributed by atoms with Crippen molar-refractivity contribution in [1.29, 1.82) is 0 Å². The van der Waals surface area contributed by atoms with E-state index in [1.165, 1.54) is 11.1 Å². The lowest BCUT2D eigenvalue weighted by Crippen LogP contribution is -2.00. The molecule has 3 aromatic rings. The van der Waals surface area contributed by atoms with Gasteiger partial charge in [-0.1, -0.05) is 27.5 Å². The van der Waals surface area contributed by atoms with Crippen molar-refractivity contribution in [2.45, 2.75) is 13.8 Å². The molecule has 0 unspecified atom stereocenters. The molecule has 0 radical (unpaired) electrons. The summed E-state index contributed by atoms with van der Waals surface area (Å²) in [5, 5.41) is 0.699. The first-order valence-electron chi connectivity index (χ1n) is 6.15. The zero-order chi connectivity index (χ0) is 14.4. The summed E-state index contributed by atoms with van der Waals surface area (Å²) >= 11 is 15.1. The Morgan fingerprint density at radius 3 is 2.45 bits per heavy atom. The molecule has 1 N–H and O–H groups in total. The van der Waals surface area contributed by atoms with E-state index in [0.717, 1.165) is 21.2 Å². The molecule has 0 saturated carbocycles. The smallest absolute Gasteiger partial charge is 0.182 e. The number of fused-ring (bicyclic) bond motifs is 1. The molecular formula is C15H12BrClN2S. The van der Waals surface area contributed by atoms with Crippen LogP contribution in [0.2, 0.25) is 5.02 Å². The van der Waals surface area contributed by atoms with E-state index in [1.807, 2.05) is 18.2 Å². The van der Waals surface area contributed by atoms with Gasteiger partial charge in [-0.05, 0) is 67.5 Å². The Morgan fingerprint density at radius 2 is 1.80 bits per heavy atom. The number of benzene rings is 2. The molecule has 0 bridgehead atoms. The van der Waals surface area contributed by atoms with Gasteiger partial charge in [0.2, 0.25) is 0 Å². The van der Waals surface area contributed by atoms with Gasteiger partial charge in [0.25, 0.3) is 0 Å². The molecule has 0 amide bonds. The molecule has 5 heteroatoms. The summed E-state index contributed by atoms with van der Waals surface area (Å²) in [5.74, 6) is 0. The second kappa shape index (κ2) is 5.02. The number of rotatable bonds is 1. The second-order valence-electron chi connectivity index (χ2n) is 4.82. The number of aromatic amines is 1. The Hall–Kier alpha value is -1.10. The van der Waals surface area contributed by atoms with E-state index in [4.69, 9.17) is 23.8 Å². The highest BCUT2D eigenvalue weighted by molar-refractivity contribution is 9.10. The van der Waals surface area contributed by atoms with Crippen LogP contribution in [-0.2, 0) is 0 Å². The lowest BCUT2D eigenvalue weighted by atomic mass is 10.1. The average molecular weight is 368 g/mol. The van der Waals surface area contributed by atoms with Gasteiger partial charge in [-0.15, -0.1) is 0 Å². The van der Waals surface area contributed by atoms with Gasteiger partial charge in [-0.3, -0.25) is 4.57 Å². The first-order chi connectivity index (χ1) is 9.47. The van der Waals surface area contributed by atoms with Crippen LogP contribution in [0.5, 0.6) is 0 Å². The Balaban J connectivity index is 2.41. The number of hydrogen-bond acceptors (Lipinski definition) is 1. The third-order valence-corrected chi connectivity index (χ3v) is 4.30. The van der Waals surface area contributed by atoms with E-state index < -0.39 is 0 Å². The number of aromatic nitrogens is 2. The van der Waals surface area contributed by atoms with Crippen molar-refractivity contribution in [3.8, 4) is 5.69 Å². The number of halogens is 2. The van der Waals surface area contributed by atoms with Crippen molar-refractivity contribution >= 4 is 50.8 Å². The molecule has 1 heterocycles. The molecule has 0 atom stereocenters. The molecule has 0 aliphatic heterocycles. The molecule has 2 aromatic carbocycles. The molecule has 0 spiro atoms. The number of hydrogen-bond donors (Lipinski definition) is 1. The molecule has 0 aliphatic carbocycles.